The lowest BCUT2D eigenvalue weighted by Gasteiger charge is -2.18. The highest BCUT2D eigenvalue weighted by atomic mass is 14.9. The predicted octanol–water partition coefficient (Wildman–Crippen LogP) is 4.19. The van der Waals surface area contributed by atoms with E-state index in [-0.39, 0.29) is 0 Å². The molecule has 0 amide bonds. The summed E-state index contributed by atoms with van der Waals surface area (Å²) in [7, 11) is 0. The van der Waals surface area contributed by atoms with Crippen LogP contribution in [0.15, 0.2) is 48.7 Å². The van der Waals surface area contributed by atoms with Crippen LogP contribution in [0.3, 0.4) is 0 Å². The van der Waals surface area contributed by atoms with Gasteiger partial charge in [0, 0.05) is 34.9 Å². The first-order valence-electron chi connectivity index (χ1n) is 6.85. The Balaban J connectivity index is 1.88. The Labute approximate surface area is 112 Å². The second-order valence-corrected chi connectivity index (χ2v) is 5.15. The molecule has 2 nitrogen and oxygen atoms in total. The molecule has 0 saturated carbocycles. The van der Waals surface area contributed by atoms with Gasteiger partial charge in [-0.05, 0) is 42.2 Å². The van der Waals surface area contributed by atoms with Crippen LogP contribution in [0, 0.1) is 0 Å². The summed E-state index contributed by atoms with van der Waals surface area (Å²) in [5, 5.41) is 4.76. The number of aryl methyl sites for hydroxylation is 1. The number of para-hydroxylation sites is 1. The summed E-state index contributed by atoms with van der Waals surface area (Å²) in [5.41, 5.74) is 6.54. The molecule has 0 aliphatic carbocycles. The van der Waals surface area contributed by atoms with Crippen molar-refractivity contribution in [1.82, 2.24) is 4.98 Å². The van der Waals surface area contributed by atoms with Gasteiger partial charge in [0.15, 0.2) is 0 Å². The third-order valence-corrected chi connectivity index (χ3v) is 3.94. The van der Waals surface area contributed by atoms with Gasteiger partial charge in [-0.3, -0.25) is 0 Å². The number of rotatable bonds is 1. The molecule has 0 unspecified atom stereocenters. The van der Waals surface area contributed by atoms with Crippen LogP contribution in [0.4, 0.5) is 5.69 Å². The van der Waals surface area contributed by atoms with Crippen LogP contribution in [-0.2, 0) is 6.42 Å². The Morgan fingerprint density at radius 3 is 2.95 bits per heavy atom. The number of hydrogen-bond donors (Lipinski definition) is 2. The smallest absolute Gasteiger partial charge is 0.0460 e. The van der Waals surface area contributed by atoms with Crippen LogP contribution >= 0.6 is 0 Å². The van der Waals surface area contributed by atoms with E-state index in [2.05, 4.69) is 59.0 Å². The average Bonchev–Trinajstić information content (AvgIpc) is 2.91. The summed E-state index contributed by atoms with van der Waals surface area (Å²) in [4.78, 5) is 3.35. The Hall–Kier alpha value is -2.22. The van der Waals surface area contributed by atoms with Crippen molar-refractivity contribution in [2.24, 2.45) is 0 Å². The zero-order valence-corrected chi connectivity index (χ0v) is 10.7. The van der Waals surface area contributed by atoms with Gasteiger partial charge in [-0.1, -0.05) is 24.3 Å². The largest absolute Gasteiger partial charge is 0.385 e. The molecule has 3 aromatic rings. The second kappa shape index (κ2) is 4.16. The fourth-order valence-electron chi connectivity index (χ4n) is 2.95. The molecule has 2 heteroatoms. The van der Waals surface area contributed by atoms with E-state index in [4.69, 9.17) is 0 Å². The minimum absolute atomic E-state index is 1.10. The maximum absolute atomic E-state index is 3.46. The van der Waals surface area contributed by atoms with E-state index < -0.39 is 0 Å². The summed E-state index contributed by atoms with van der Waals surface area (Å²) in [6.07, 6.45) is 4.52. The number of anilines is 1. The van der Waals surface area contributed by atoms with E-state index in [9.17, 15) is 0 Å². The van der Waals surface area contributed by atoms with Crippen molar-refractivity contribution in [2.75, 3.05) is 11.9 Å². The van der Waals surface area contributed by atoms with E-state index >= 15 is 0 Å². The molecule has 0 bridgehead atoms. The normalized spacial score (nSPS) is 14.1. The molecule has 19 heavy (non-hydrogen) atoms. The third-order valence-electron chi connectivity index (χ3n) is 3.94. The molecule has 1 aliphatic heterocycles. The van der Waals surface area contributed by atoms with Gasteiger partial charge in [-0.2, -0.15) is 0 Å². The molecule has 2 aromatic carbocycles. The number of aromatic amines is 1. The van der Waals surface area contributed by atoms with E-state index in [0.717, 1.165) is 6.54 Å². The maximum Gasteiger partial charge on any atom is 0.0460 e. The van der Waals surface area contributed by atoms with Gasteiger partial charge in [-0.25, -0.2) is 0 Å². The Bertz CT molecular complexity index is 740. The average molecular weight is 248 g/mol. The van der Waals surface area contributed by atoms with Crippen molar-refractivity contribution < 1.29 is 0 Å². The van der Waals surface area contributed by atoms with Crippen LogP contribution in [0.1, 0.15) is 12.0 Å². The molecule has 2 heterocycles. The molecule has 1 aromatic heterocycles. The zero-order chi connectivity index (χ0) is 12.7. The number of nitrogens with one attached hydrogen (secondary N) is 2. The van der Waals surface area contributed by atoms with E-state index in [1.165, 1.54) is 46.1 Å². The minimum atomic E-state index is 1.10. The monoisotopic (exact) mass is 248 g/mol. The van der Waals surface area contributed by atoms with Crippen molar-refractivity contribution in [3.8, 4) is 11.1 Å². The summed E-state index contributed by atoms with van der Waals surface area (Å²) >= 11 is 0. The molecule has 1 aliphatic rings. The highest BCUT2D eigenvalue weighted by Gasteiger charge is 2.11. The highest BCUT2D eigenvalue weighted by molar-refractivity contribution is 5.95. The van der Waals surface area contributed by atoms with Crippen LogP contribution < -0.4 is 5.32 Å². The summed E-state index contributed by atoms with van der Waals surface area (Å²) in [6, 6.07) is 15.2. The maximum atomic E-state index is 3.46. The molecule has 0 saturated heterocycles. The third kappa shape index (κ3) is 1.72. The summed E-state index contributed by atoms with van der Waals surface area (Å²) < 4.78 is 0. The first kappa shape index (κ1) is 10.7. The lowest BCUT2D eigenvalue weighted by molar-refractivity contribution is 0.831. The standard InChI is InChI=1S/C17H16N2/c1-2-6-17-14(5-1)15(11-19-17)12-7-8-16-13(10-12)4-3-9-18-16/h1-2,5-8,10-11,18-19H,3-4,9H2. The molecule has 4 rings (SSSR count). The first-order chi connectivity index (χ1) is 9.42. The molecule has 0 radical (unpaired) electrons. The number of benzene rings is 2. The van der Waals surface area contributed by atoms with Crippen LogP contribution in [0.25, 0.3) is 22.0 Å². The van der Waals surface area contributed by atoms with Gasteiger partial charge in [0.1, 0.15) is 0 Å². The molecule has 0 fully saturated rings. The van der Waals surface area contributed by atoms with Gasteiger partial charge in [0.2, 0.25) is 0 Å². The Morgan fingerprint density at radius 2 is 1.95 bits per heavy atom. The van der Waals surface area contributed by atoms with Gasteiger partial charge < -0.3 is 10.3 Å². The summed E-state index contributed by atoms with van der Waals surface area (Å²) in [5.74, 6) is 0. The number of fused-ring (bicyclic) bond motifs is 2. The van der Waals surface area contributed by atoms with E-state index in [1.807, 2.05) is 0 Å². The lowest BCUT2D eigenvalue weighted by Crippen LogP contribution is -2.11. The van der Waals surface area contributed by atoms with Crippen molar-refractivity contribution >= 4 is 16.6 Å². The molecule has 2 N–H and O–H groups in total. The van der Waals surface area contributed by atoms with Crippen molar-refractivity contribution in [3.63, 3.8) is 0 Å². The van der Waals surface area contributed by atoms with Crippen molar-refractivity contribution in [2.45, 2.75) is 12.8 Å². The SMILES string of the molecule is c1ccc2c(-c3ccc4c(c3)CCCN4)c[nH]c2c1. The fourth-order valence-corrected chi connectivity index (χ4v) is 2.95. The number of aromatic nitrogens is 1. The van der Waals surface area contributed by atoms with Gasteiger partial charge in [-0.15, -0.1) is 0 Å². The second-order valence-electron chi connectivity index (χ2n) is 5.15. The Kier molecular flexibility index (Phi) is 2.34. The molecular weight excluding hydrogens is 232 g/mol. The number of hydrogen-bond acceptors (Lipinski definition) is 1. The van der Waals surface area contributed by atoms with Crippen molar-refractivity contribution in [3.05, 3.63) is 54.2 Å². The quantitative estimate of drug-likeness (QED) is 0.664. The van der Waals surface area contributed by atoms with Crippen LogP contribution in [0.5, 0.6) is 0 Å². The topological polar surface area (TPSA) is 27.8 Å². The van der Waals surface area contributed by atoms with E-state index in [1.54, 1.807) is 0 Å². The lowest BCUT2D eigenvalue weighted by atomic mass is 9.97. The highest BCUT2D eigenvalue weighted by Crippen LogP contribution is 2.32. The predicted molar refractivity (Wildman–Crippen MR) is 80.5 cm³/mol. The van der Waals surface area contributed by atoms with Gasteiger partial charge in [0.25, 0.3) is 0 Å². The summed E-state index contributed by atoms with van der Waals surface area (Å²) in [6.45, 7) is 1.10. The zero-order valence-electron chi connectivity index (χ0n) is 10.7. The van der Waals surface area contributed by atoms with Gasteiger partial charge >= 0.3 is 0 Å². The molecular formula is C17H16N2. The van der Waals surface area contributed by atoms with E-state index in [0.29, 0.717) is 0 Å². The van der Waals surface area contributed by atoms with Crippen LogP contribution in [-0.4, -0.2) is 11.5 Å². The fraction of sp³-hybridized carbons (Fsp3) is 0.176. The Morgan fingerprint density at radius 1 is 1.00 bits per heavy atom. The molecule has 94 valence electrons. The molecule has 0 spiro atoms. The minimum Gasteiger partial charge on any atom is -0.385 e. The van der Waals surface area contributed by atoms with Crippen LogP contribution in [0.2, 0.25) is 0 Å². The number of H-pyrrole nitrogens is 1. The first-order valence-corrected chi connectivity index (χ1v) is 6.85. The van der Waals surface area contributed by atoms with Gasteiger partial charge in [0.05, 0.1) is 0 Å². The van der Waals surface area contributed by atoms with Crippen molar-refractivity contribution in [1.29, 1.82) is 0 Å². The molecule has 0 atom stereocenters.